The molecule has 21 heavy (non-hydrogen) atoms. The van der Waals surface area contributed by atoms with Gasteiger partial charge in [0.25, 0.3) is 5.56 Å². The van der Waals surface area contributed by atoms with E-state index >= 15 is 0 Å². The Morgan fingerprint density at radius 1 is 1.38 bits per heavy atom. The number of nitrogens with one attached hydrogen (secondary N) is 2. The van der Waals surface area contributed by atoms with Gasteiger partial charge in [0.15, 0.2) is 5.16 Å². The summed E-state index contributed by atoms with van der Waals surface area (Å²) in [6, 6.07) is 7.60. The maximum atomic E-state index is 12.1. The molecule has 6 nitrogen and oxygen atoms in total. The van der Waals surface area contributed by atoms with E-state index in [1.54, 1.807) is 26.0 Å². The number of carbonyl (C=O) groups excluding carboxylic acids is 1. The number of amides is 1. The summed E-state index contributed by atoms with van der Waals surface area (Å²) >= 11 is 1.17. The third-order valence-corrected chi connectivity index (χ3v) is 3.62. The van der Waals surface area contributed by atoms with E-state index in [0.29, 0.717) is 16.5 Å². The second kappa shape index (κ2) is 6.45. The van der Waals surface area contributed by atoms with Crippen molar-refractivity contribution in [2.24, 2.45) is 0 Å². The molecular formula is C14H15N3O3S. The van der Waals surface area contributed by atoms with Crippen molar-refractivity contribution in [1.82, 2.24) is 9.97 Å². The van der Waals surface area contributed by atoms with Crippen LogP contribution in [0.4, 0.5) is 5.69 Å². The Balaban J connectivity index is 2.02. The molecule has 0 aliphatic heterocycles. The van der Waals surface area contributed by atoms with Crippen molar-refractivity contribution in [2.75, 3.05) is 5.32 Å². The third kappa shape index (κ3) is 4.35. The Labute approximate surface area is 125 Å². The molecule has 2 aromatic rings. The average Bonchev–Trinajstić information content (AvgIpc) is 2.40. The normalized spacial score (nSPS) is 11.9. The summed E-state index contributed by atoms with van der Waals surface area (Å²) in [5.41, 5.74) is 0.958. The van der Waals surface area contributed by atoms with Crippen LogP contribution in [0.2, 0.25) is 0 Å². The highest BCUT2D eigenvalue weighted by atomic mass is 32.2. The number of hydrogen-bond acceptors (Lipinski definition) is 5. The number of thioether (sulfide) groups is 1. The zero-order valence-electron chi connectivity index (χ0n) is 11.6. The Kier molecular flexibility index (Phi) is 4.64. The number of aromatic nitrogens is 2. The van der Waals surface area contributed by atoms with E-state index < -0.39 is 5.25 Å². The second-order valence-corrected chi connectivity index (χ2v) is 5.82. The first-order chi connectivity index (χ1) is 9.94. The quantitative estimate of drug-likeness (QED) is 0.455. The molecule has 110 valence electrons. The largest absolute Gasteiger partial charge is 0.508 e. The van der Waals surface area contributed by atoms with E-state index in [2.05, 4.69) is 15.3 Å². The lowest BCUT2D eigenvalue weighted by atomic mass is 10.3. The second-order valence-electron chi connectivity index (χ2n) is 4.49. The molecule has 1 heterocycles. The van der Waals surface area contributed by atoms with Gasteiger partial charge in [-0.25, -0.2) is 4.98 Å². The smallest absolute Gasteiger partial charge is 0.251 e. The Bertz CT molecular complexity index is 697. The van der Waals surface area contributed by atoms with Crippen LogP contribution in [-0.2, 0) is 4.79 Å². The number of anilines is 1. The first kappa shape index (κ1) is 15.1. The summed E-state index contributed by atoms with van der Waals surface area (Å²) in [6.07, 6.45) is 0. The van der Waals surface area contributed by atoms with Crippen molar-refractivity contribution in [2.45, 2.75) is 24.3 Å². The number of rotatable bonds is 4. The molecule has 0 spiro atoms. The number of nitrogens with zero attached hydrogens (tertiary/aromatic N) is 1. The number of phenolic OH excluding ortho intramolecular Hbond substituents is 1. The fourth-order valence-electron chi connectivity index (χ4n) is 1.62. The molecule has 1 unspecified atom stereocenters. The van der Waals surface area contributed by atoms with Crippen LogP contribution in [-0.4, -0.2) is 26.2 Å². The molecular weight excluding hydrogens is 290 g/mol. The van der Waals surface area contributed by atoms with Gasteiger partial charge >= 0.3 is 0 Å². The summed E-state index contributed by atoms with van der Waals surface area (Å²) < 4.78 is 0. The molecule has 3 N–H and O–H groups in total. The van der Waals surface area contributed by atoms with Gasteiger partial charge in [-0.05, 0) is 38.1 Å². The van der Waals surface area contributed by atoms with E-state index in [1.807, 2.05) is 0 Å². The molecule has 0 saturated heterocycles. The van der Waals surface area contributed by atoms with Crippen molar-refractivity contribution in [3.05, 3.63) is 46.4 Å². The first-order valence-corrected chi connectivity index (χ1v) is 7.16. The first-order valence-electron chi connectivity index (χ1n) is 6.28. The van der Waals surface area contributed by atoms with Crippen LogP contribution in [0.1, 0.15) is 12.6 Å². The molecule has 1 aromatic carbocycles. The van der Waals surface area contributed by atoms with Crippen LogP contribution < -0.4 is 10.9 Å². The summed E-state index contributed by atoms with van der Waals surface area (Å²) in [7, 11) is 0. The fraction of sp³-hybridized carbons (Fsp3) is 0.214. The van der Waals surface area contributed by atoms with Crippen LogP contribution in [0.5, 0.6) is 5.75 Å². The van der Waals surface area contributed by atoms with E-state index in [-0.39, 0.29) is 17.2 Å². The van der Waals surface area contributed by atoms with Crippen molar-refractivity contribution in [3.63, 3.8) is 0 Å². The van der Waals surface area contributed by atoms with Gasteiger partial charge in [-0.1, -0.05) is 11.8 Å². The van der Waals surface area contributed by atoms with Crippen molar-refractivity contribution >= 4 is 23.4 Å². The van der Waals surface area contributed by atoms with E-state index in [9.17, 15) is 14.7 Å². The summed E-state index contributed by atoms with van der Waals surface area (Å²) in [5, 5.41) is 11.9. The minimum atomic E-state index is -0.427. The molecule has 0 aliphatic carbocycles. The van der Waals surface area contributed by atoms with Gasteiger partial charge in [-0.3, -0.25) is 9.59 Å². The topological polar surface area (TPSA) is 95.1 Å². The highest BCUT2D eigenvalue weighted by molar-refractivity contribution is 8.00. The molecule has 7 heteroatoms. The van der Waals surface area contributed by atoms with E-state index in [4.69, 9.17) is 0 Å². The minimum Gasteiger partial charge on any atom is -0.508 e. The molecule has 1 amide bonds. The predicted molar refractivity (Wildman–Crippen MR) is 81.7 cm³/mol. The Hall–Kier alpha value is -2.28. The van der Waals surface area contributed by atoms with Gasteiger partial charge < -0.3 is 15.4 Å². The molecule has 0 saturated carbocycles. The molecule has 1 atom stereocenters. The van der Waals surface area contributed by atoms with Crippen molar-refractivity contribution in [1.29, 1.82) is 0 Å². The zero-order chi connectivity index (χ0) is 15.4. The van der Waals surface area contributed by atoms with E-state index in [1.165, 1.54) is 30.0 Å². The zero-order valence-corrected chi connectivity index (χ0v) is 12.4. The fourth-order valence-corrected chi connectivity index (χ4v) is 2.47. The van der Waals surface area contributed by atoms with Crippen LogP contribution in [0.25, 0.3) is 0 Å². The van der Waals surface area contributed by atoms with Crippen LogP contribution in [0, 0.1) is 6.92 Å². The number of aryl methyl sites for hydroxylation is 1. The molecule has 0 aliphatic rings. The van der Waals surface area contributed by atoms with Gasteiger partial charge in [0.1, 0.15) is 5.75 Å². The number of aromatic hydroxyl groups is 1. The van der Waals surface area contributed by atoms with Crippen LogP contribution in [0.15, 0.2) is 40.3 Å². The number of phenols is 1. The highest BCUT2D eigenvalue weighted by Gasteiger charge is 2.16. The SMILES string of the molecule is Cc1cc(=O)[nH]c(SC(C)C(=O)Nc2ccc(O)cc2)n1. The average molecular weight is 305 g/mol. The van der Waals surface area contributed by atoms with Gasteiger partial charge in [0.05, 0.1) is 5.25 Å². The summed E-state index contributed by atoms with van der Waals surface area (Å²) in [4.78, 5) is 30.2. The van der Waals surface area contributed by atoms with Crippen LogP contribution in [0.3, 0.4) is 0 Å². The minimum absolute atomic E-state index is 0.136. The van der Waals surface area contributed by atoms with Gasteiger partial charge in [-0.15, -0.1) is 0 Å². The number of benzene rings is 1. The Morgan fingerprint density at radius 3 is 2.67 bits per heavy atom. The van der Waals surface area contributed by atoms with Crippen LogP contribution >= 0.6 is 11.8 Å². The maximum Gasteiger partial charge on any atom is 0.251 e. The highest BCUT2D eigenvalue weighted by Crippen LogP contribution is 2.20. The van der Waals surface area contributed by atoms with Crippen molar-refractivity contribution in [3.8, 4) is 5.75 Å². The van der Waals surface area contributed by atoms with E-state index in [0.717, 1.165) is 0 Å². The standard InChI is InChI=1S/C14H15N3O3S/c1-8-7-12(19)17-14(15-8)21-9(2)13(20)16-10-3-5-11(18)6-4-10/h3-7,9,18H,1-2H3,(H,16,20)(H,15,17,19). The number of H-pyrrole nitrogens is 1. The Morgan fingerprint density at radius 2 is 2.05 bits per heavy atom. The number of hydrogen-bond donors (Lipinski definition) is 3. The number of carbonyl (C=O) groups is 1. The maximum absolute atomic E-state index is 12.1. The predicted octanol–water partition coefficient (Wildman–Crippen LogP) is 1.90. The number of aromatic amines is 1. The molecule has 2 rings (SSSR count). The monoisotopic (exact) mass is 305 g/mol. The van der Waals surface area contributed by atoms with Gasteiger partial charge in [0, 0.05) is 17.4 Å². The lowest BCUT2D eigenvalue weighted by Gasteiger charge is -2.11. The molecule has 0 radical (unpaired) electrons. The van der Waals surface area contributed by atoms with Gasteiger partial charge in [-0.2, -0.15) is 0 Å². The lowest BCUT2D eigenvalue weighted by molar-refractivity contribution is -0.115. The van der Waals surface area contributed by atoms with Crippen molar-refractivity contribution < 1.29 is 9.90 Å². The third-order valence-electron chi connectivity index (χ3n) is 2.64. The molecule has 1 aromatic heterocycles. The van der Waals surface area contributed by atoms with Gasteiger partial charge in [0.2, 0.25) is 5.91 Å². The summed E-state index contributed by atoms with van der Waals surface area (Å²) in [6.45, 7) is 3.45. The molecule has 0 bridgehead atoms. The molecule has 0 fully saturated rings. The summed E-state index contributed by atoms with van der Waals surface area (Å²) in [5.74, 6) is -0.0770. The lowest BCUT2D eigenvalue weighted by Crippen LogP contribution is -2.23.